The van der Waals surface area contributed by atoms with Gasteiger partial charge in [0.05, 0.1) is 18.5 Å². The molecule has 0 aromatic heterocycles. The van der Waals surface area contributed by atoms with E-state index in [1.54, 1.807) is 18.9 Å². The summed E-state index contributed by atoms with van der Waals surface area (Å²) in [5, 5.41) is 16.7. The standard InChI is InChI=1S/C7H12N2O2/c1-6(5-8)9(2)4-3-7(10)11/h6H,3-4H2,1-2H3,(H,10,11). The number of hydrogen-bond acceptors (Lipinski definition) is 3. The van der Waals surface area contributed by atoms with Crippen molar-refractivity contribution in [3.8, 4) is 6.07 Å². The molecule has 0 saturated heterocycles. The monoisotopic (exact) mass is 156 g/mol. The van der Waals surface area contributed by atoms with Crippen molar-refractivity contribution in [2.24, 2.45) is 0 Å². The fraction of sp³-hybridized carbons (Fsp3) is 0.714. The second-order valence-corrected chi connectivity index (χ2v) is 2.43. The summed E-state index contributed by atoms with van der Waals surface area (Å²) in [7, 11) is 1.73. The van der Waals surface area contributed by atoms with Gasteiger partial charge in [-0.05, 0) is 14.0 Å². The molecule has 0 aliphatic carbocycles. The van der Waals surface area contributed by atoms with Crippen LogP contribution in [0.1, 0.15) is 13.3 Å². The highest BCUT2D eigenvalue weighted by Gasteiger charge is 2.08. The maximum Gasteiger partial charge on any atom is 0.304 e. The molecule has 0 bridgehead atoms. The maximum atomic E-state index is 10.1. The van der Waals surface area contributed by atoms with Crippen LogP contribution in [0.25, 0.3) is 0 Å². The van der Waals surface area contributed by atoms with E-state index >= 15 is 0 Å². The van der Waals surface area contributed by atoms with Gasteiger partial charge in [0.15, 0.2) is 0 Å². The zero-order chi connectivity index (χ0) is 8.85. The topological polar surface area (TPSA) is 64.3 Å². The van der Waals surface area contributed by atoms with E-state index in [4.69, 9.17) is 10.4 Å². The Hall–Kier alpha value is -1.08. The molecule has 1 N–H and O–H groups in total. The first kappa shape index (κ1) is 9.92. The van der Waals surface area contributed by atoms with Gasteiger partial charge in [0, 0.05) is 6.54 Å². The molecule has 0 spiro atoms. The molecule has 1 atom stereocenters. The summed E-state index contributed by atoms with van der Waals surface area (Å²) >= 11 is 0. The molecule has 0 aromatic carbocycles. The lowest BCUT2D eigenvalue weighted by Crippen LogP contribution is -2.29. The van der Waals surface area contributed by atoms with Gasteiger partial charge in [-0.15, -0.1) is 0 Å². The third kappa shape index (κ3) is 4.34. The number of nitrogens with zero attached hydrogens (tertiary/aromatic N) is 2. The fourth-order valence-electron chi connectivity index (χ4n) is 0.564. The second kappa shape index (κ2) is 4.69. The minimum absolute atomic E-state index is 0.0858. The average molecular weight is 156 g/mol. The summed E-state index contributed by atoms with van der Waals surface area (Å²) in [6.45, 7) is 2.16. The van der Waals surface area contributed by atoms with Crippen LogP contribution >= 0.6 is 0 Å². The molecule has 1 unspecified atom stereocenters. The number of aliphatic carboxylic acids is 1. The molecule has 11 heavy (non-hydrogen) atoms. The molecule has 0 radical (unpaired) electrons. The minimum Gasteiger partial charge on any atom is -0.481 e. The predicted molar refractivity (Wildman–Crippen MR) is 40.0 cm³/mol. The van der Waals surface area contributed by atoms with E-state index in [1.165, 1.54) is 0 Å². The molecule has 62 valence electrons. The van der Waals surface area contributed by atoms with Crippen LogP contribution in [0.4, 0.5) is 0 Å². The molecule has 0 aliphatic rings. The first-order valence-corrected chi connectivity index (χ1v) is 3.39. The largest absolute Gasteiger partial charge is 0.481 e. The first-order chi connectivity index (χ1) is 5.07. The molecule has 0 amide bonds. The zero-order valence-corrected chi connectivity index (χ0v) is 6.74. The molecule has 0 saturated carbocycles. The third-order valence-electron chi connectivity index (χ3n) is 1.53. The molecule has 0 rings (SSSR count). The van der Waals surface area contributed by atoms with Gasteiger partial charge < -0.3 is 5.11 Å². The quantitative estimate of drug-likeness (QED) is 0.636. The van der Waals surface area contributed by atoms with E-state index in [0.717, 1.165) is 0 Å². The van der Waals surface area contributed by atoms with Crippen LogP contribution in [-0.2, 0) is 4.79 Å². The van der Waals surface area contributed by atoms with Crippen molar-refractivity contribution in [2.75, 3.05) is 13.6 Å². The van der Waals surface area contributed by atoms with Crippen molar-refractivity contribution < 1.29 is 9.90 Å². The molecule has 0 fully saturated rings. The minimum atomic E-state index is -0.831. The molecule has 0 heterocycles. The number of rotatable bonds is 4. The van der Waals surface area contributed by atoms with Crippen LogP contribution in [0.5, 0.6) is 0 Å². The van der Waals surface area contributed by atoms with Crippen LogP contribution < -0.4 is 0 Å². The first-order valence-electron chi connectivity index (χ1n) is 3.39. The van der Waals surface area contributed by atoms with Crippen LogP contribution in [0.3, 0.4) is 0 Å². The van der Waals surface area contributed by atoms with Crippen molar-refractivity contribution in [3.05, 3.63) is 0 Å². The van der Waals surface area contributed by atoms with Crippen LogP contribution in [0, 0.1) is 11.3 Å². The van der Waals surface area contributed by atoms with Gasteiger partial charge in [0.1, 0.15) is 0 Å². The lowest BCUT2D eigenvalue weighted by Gasteiger charge is -2.16. The van der Waals surface area contributed by atoms with Crippen LogP contribution in [0.15, 0.2) is 0 Å². The lowest BCUT2D eigenvalue weighted by atomic mass is 10.3. The van der Waals surface area contributed by atoms with E-state index in [0.29, 0.717) is 6.54 Å². The van der Waals surface area contributed by atoms with Crippen LogP contribution in [-0.4, -0.2) is 35.6 Å². The van der Waals surface area contributed by atoms with Crippen molar-refractivity contribution in [2.45, 2.75) is 19.4 Å². The Kier molecular flexibility index (Phi) is 4.23. The maximum absolute atomic E-state index is 10.1. The Bertz CT molecular complexity index is 174. The van der Waals surface area contributed by atoms with Crippen molar-refractivity contribution >= 4 is 5.97 Å². The van der Waals surface area contributed by atoms with Gasteiger partial charge in [-0.1, -0.05) is 0 Å². The van der Waals surface area contributed by atoms with E-state index in [9.17, 15) is 4.79 Å². The molecular formula is C7H12N2O2. The van der Waals surface area contributed by atoms with Crippen molar-refractivity contribution in [3.63, 3.8) is 0 Å². The molecule has 0 aliphatic heterocycles. The highest BCUT2D eigenvalue weighted by molar-refractivity contribution is 5.66. The Morgan fingerprint density at radius 2 is 2.36 bits per heavy atom. The Morgan fingerprint density at radius 1 is 1.82 bits per heavy atom. The normalized spacial score (nSPS) is 12.5. The number of carboxylic acids is 1. The third-order valence-corrected chi connectivity index (χ3v) is 1.53. The fourth-order valence-corrected chi connectivity index (χ4v) is 0.564. The van der Waals surface area contributed by atoms with Gasteiger partial charge in [-0.2, -0.15) is 5.26 Å². The summed E-state index contributed by atoms with van der Waals surface area (Å²) < 4.78 is 0. The highest BCUT2D eigenvalue weighted by atomic mass is 16.4. The van der Waals surface area contributed by atoms with Crippen LogP contribution in [0.2, 0.25) is 0 Å². The summed E-state index contributed by atoms with van der Waals surface area (Å²) in [5.74, 6) is -0.831. The van der Waals surface area contributed by atoms with Gasteiger partial charge in [-0.3, -0.25) is 9.69 Å². The number of carbonyl (C=O) groups is 1. The molecular weight excluding hydrogens is 144 g/mol. The summed E-state index contributed by atoms with van der Waals surface area (Å²) in [4.78, 5) is 11.8. The molecule has 4 nitrogen and oxygen atoms in total. The van der Waals surface area contributed by atoms with E-state index < -0.39 is 5.97 Å². The van der Waals surface area contributed by atoms with Gasteiger partial charge in [-0.25, -0.2) is 0 Å². The predicted octanol–water partition coefficient (Wildman–Crippen LogP) is 0.305. The lowest BCUT2D eigenvalue weighted by molar-refractivity contribution is -0.137. The highest BCUT2D eigenvalue weighted by Crippen LogP contribution is 1.94. The van der Waals surface area contributed by atoms with Crippen molar-refractivity contribution in [1.29, 1.82) is 5.26 Å². The van der Waals surface area contributed by atoms with E-state index in [2.05, 4.69) is 0 Å². The van der Waals surface area contributed by atoms with Gasteiger partial charge >= 0.3 is 5.97 Å². The summed E-state index contributed by atoms with van der Waals surface area (Å²) in [5.41, 5.74) is 0. The Morgan fingerprint density at radius 3 is 2.73 bits per heavy atom. The average Bonchev–Trinajstić information content (AvgIpc) is 1.98. The van der Waals surface area contributed by atoms with Crippen molar-refractivity contribution in [1.82, 2.24) is 4.90 Å². The Balaban J connectivity index is 3.62. The Labute approximate surface area is 66.0 Å². The summed E-state index contributed by atoms with van der Waals surface area (Å²) in [6.07, 6.45) is 0.0858. The SMILES string of the molecule is CC(C#N)N(C)CCC(=O)O. The smallest absolute Gasteiger partial charge is 0.304 e. The molecule has 0 aromatic rings. The number of nitriles is 1. The number of hydrogen-bond donors (Lipinski definition) is 1. The van der Waals surface area contributed by atoms with E-state index in [1.807, 2.05) is 6.07 Å². The summed E-state index contributed by atoms with van der Waals surface area (Å²) in [6, 6.07) is 1.81. The van der Waals surface area contributed by atoms with Gasteiger partial charge in [0.25, 0.3) is 0 Å². The van der Waals surface area contributed by atoms with Gasteiger partial charge in [0.2, 0.25) is 0 Å². The van der Waals surface area contributed by atoms with E-state index in [-0.39, 0.29) is 12.5 Å². The second-order valence-electron chi connectivity index (χ2n) is 2.43. The number of carboxylic acid groups (broad SMARTS) is 1. The zero-order valence-electron chi connectivity index (χ0n) is 6.74. The molecule has 4 heteroatoms.